The van der Waals surface area contributed by atoms with Gasteiger partial charge in [0, 0.05) is 44.0 Å². The fraction of sp³-hybridized carbons (Fsp3) is 0.459. The average Bonchev–Trinajstić information content (AvgIpc) is 3.09. The van der Waals surface area contributed by atoms with Crippen LogP contribution in [0.4, 0.5) is 29.3 Å². The maximum atomic E-state index is 14.4. The van der Waals surface area contributed by atoms with Crippen LogP contribution in [0.25, 0.3) is 0 Å². The number of aliphatic hydroxyl groups excluding tert-OH is 1. The minimum atomic E-state index is -4.50. The van der Waals surface area contributed by atoms with E-state index >= 15 is 0 Å². The van der Waals surface area contributed by atoms with Crippen molar-refractivity contribution >= 4 is 33.3 Å². The molecule has 0 aromatic heterocycles. The molecule has 284 valence electrons. The lowest BCUT2D eigenvalue weighted by atomic mass is 10.0. The van der Waals surface area contributed by atoms with Gasteiger partial charge in [-0.3, -0.25) is 9.52 Å². The number of nitrogens with one attached hydrogen (secondary N) is 2. The van der Waals surface area contributed by atoms with E-state index < -0.39 is 45.8 Å². The predicted octanol–water partition coefficient (Wildman–Crippen LogP) is 6.77. The molecule has 0 fully saturated rings. The van der Waals surface area contributed by atoms with Crippen molar-refractivity contribution in [3.05, 3.63) is 83.4 Å². The number of likely N-dealkylation sites (N-methyl/N-ethyl adjacent to an activating group) is 1. The summed E-state index contributed by atoms with van der Waals surface area (Å²) in [5.74, 6) is -0.618. The van der Waals surface area contributed by atoms with Gasteiger partial charge in [-0.1, -0.05) is 24.6 Å². The molecule has 4 atom stereocenters. The van der Waals surface area contributed by atoms with Crippen molar-refractivity contribution < 1.29 is 45.8 Å². The monoisotopic (exact) mass is 748 g/mol. The summed E-state index contributed by atoms with van der Waals surface area (Å²) in [5, 5.41) is 12.8. The molecule has 1 aliphatic heterocycles. The van der Waals surface area contributed by atoms with Crippen molar-refractivity contribution in [3.63, 3.8) is 0 Å². The van der Waals surface area contributed by atoms with Crippen LogP contribution >= 0.6 is 0 Å². The minimum Gasteiger partial charge on any atom is -0.490 e. The number of sulfonamides is 1. The van der Waals surface area contributed by atoms with Gasteiger partial charge < -0.3 is 29.7 Å². The third-order valence-electron chi connectivity index (χ3n) is 8.90. The lowest BCUT2D eigenvalue weighted by Crippen LogP contribution is -2.48. The first kappa shape index (κ1) is 40.4. The van der Waals surface area contributed by atoms with E-state index in [1.807, 2.05) is 20.8 Å². The zero-order valence-corrected chi connectivity index (χ0v) is 30.8. The summed E-state index contributed by atoms with van der Waals surface area (Å²) in [7, 11) is -2.45. The molecule has 52 heavy (non-hydrogen) atoms. The molecule has 0 spiro atoms. The maximum absolute atomic E-state index is 14.4. The van der Waals surface area contributed by atoms with Crippen LogP contribution in [0.2, 0.25) is 0 Å². The molecule has 1 heterocycles. The SMILES string of the molecule is Cc1ccc(S(=O)(=O)Nc2ccc3c(c2)C(=O)N([C@H](C)CO)C[C@@H](C)[C@H](CN(C)C(=O)Nc2ccc(C(F)(F)F)cc2)OCCCC[C@@H](C)O3)cc1. The number of rotatable bonds is 8. The van der Waals surface area contributed by atoms with Crippen molar-refractivity contribution in [2.45, 2.75) is 76.3 Å². The van der Waals surface area contributed by atoms with Crippen LogP contribution in [-0.2, 0) is 20.9 Å². The molecule has 3 N–H and O–H groups in total. The highest BCUT2D eigenvalue weighted by atomic mass is 32.2. The number of carbonyl (C=O) groups excluding carboxylic acids is 2. The van der Waals surface area contributed by atoms with Gasteiger partial charge in [0.1, 0.15) is 5.75 Å². The molecule has 0 saturated heterocycles. The van der Waals surface area contributed by atoms with E-state index in [1.165, 1.54) is 53.2 Å². The number of halogens is 3. The Kier molecular flexibility index (Phi) is 13.6. The summed E-state index contributed by atoms with van der Waals surface area (Å²) < 4.78 is 80.5. The van der Waals surface area contributed by atoms with E-state index in [0.29, 0.717) is 19.4 Å². The van der Waals surface area contributed by atoms with Gasteiger partial charge in [0.05, 0.1) is 40.9 Å². The van der Waals surface area contributed by atoms with Crippen LogP contribution in [-0.4, -0.2) is 86.9 Å². The minimum absolute atomic E-state index is 0.0581. The second-order valence-electron chi connectivity index (χ2n) is 13.3. The van der Waals surface area contributed by atoms with Gasteiger partial charge in [0.2, 0.25) is 0 Å². The number of alkyl halides is 3. The summed E-state index contributed by atoms with van der Waals surface area (Å²) in [4.78, 5) is 30.4. The number of anilines is 2. The smallest absolute Gasteiger partial charge is 0.416 e. The van der Waals surface area contributed by atoms with E-state index in [2.05, 4.69) is 10.0 Å². The number of amides is 3. The Balaban J connectivity index is 1.59. The molecule has 3 aromatic rings. The first-order valence-electron chi connectivity index (χ1n) is 17.1. The number of carbonyl (C=O) groups is 2. The first-order chi connectivity index (χ1) is 24.5. The van der Waals surface area contributed by atoms with Gasteiger partial charge in [-0.15, -0.1) is 0 Å². The first-order valence-corrected chi connectivity index (χ1v) is 18.6. The Bertz CT molecular complexity index is 1770. The topological polar surface area (TPSA) is 138 Å². The Labute approximate surface area is 303 Å². The quantitative estimate of drug-likeness (QED) is 0.231. The van der Waals surface area contributed by atoms with Gasteiger partial charge in [-0.05, 0) is 94.6 Å². The fourth-order valence-electron chi connectivity index (χ4n) is 5.69. The maximum Gasteiger partial charge on any atom is 0.416 e. The Morgan fingerprint density at radius 3 is 2.33 bits per heavy atom. The molecular weight excluding hydrogens is 701 g/mol. The van der Waals surface area contributed by atoms with Crippen LogP contribution in [0, 0.1) is 12.8 Å². The molecule has 0 aliphatic carbocycles. The van der Waals surface area contributed by atoms with Crippen LogP contribution in [0.1, 0.15) is 61.5 Å². The zero-order chi connectivity index (χ0) is 38.2. The number of fused-ring (bicyclic) bond motifs is 1. The number of hydrogen-bond donors (Lipinski definition) is 3. The molecule has 0 saturated carbocycles. The van der Waals surface area contributed by atoms with E-state index in [4.69, 9.17) is 9.47 Å². The third-order valence-corrected chi connectivity index (χ3v) is 10.3. The Hall–Kier alpha value is -4.34. The van der Waals surface area contributed by atoms with Crippen molar-refractivity contribution in [1.82, 2.24) is 9.80 Å². The van der Waals surface area contributed by atoms with Gasteiger partial charge in [-0.2, -0.15) is 13.2 Å². The molecule has 4 rings (SSSR count). The molecule has 0 bridgehead atoms. The molecule has 3 aromatic carbocycles. The van der Waals surface area contributed by atoms with Crippen molar-refractivity contribution in [1.29, 1.82) is 0 Å². The highest BCUT2D eigenvalue weighted by Crippen LogP contribution is 2.31. The van der Waals surface area contributed by atoms with Gasteiger partial charge >= 0.3 is 12.2 Å². The van der Waals surface area contributed by atoms with Crippen LogP contribution < -0.4 is 14.8 Å². The lowest BCUT2D eigenvalue weighted by molar-refractivity contribution is -0.137. The number of nitrogens with zero attached hydrogens (tertiary/aromatic N) is 2. The number of ether oxygens (including phenoxy) is 2. The highest BCUT2D eigenvalue weighted by Gasteiger charge is 2.32. The van der Waals surface area contributed by atoms with Crippen LogP contribution in [0.5, 0.6) is 5.75 Å². The van der Waals surface area contributed by atoms with E-state index in [9.17, 15) is 36.3 Å². The highest BCUT2D eigenvalue weighted by molar-refractivity contribution is 7.92. The van der Waals surface area contributed by atoms with Gasteiger partial charge in [0.15, 0.2) is 0 Å². The molecule has 11 nitrogen and oxygen atoms in total. The van der Waals surface area contributed by atoms with Crippen LogP contribution in [0.15, 0.2) is 71.6 Å². The van der Waals surface area contributed by atoms with Crippen LogP contribution in [0.3, 0.4) is 0 Å². The van der Waals surface area contributed by atoms with Gasteiger partial charge in [0.25, 0.3) is 15.9 Å². The third kappa shape index (κ3) is 10.8. The number of hydrogen-bond acceptors (Lipinski definition) is 7. The number of aryl methyl sites for hydroxylation is 1. The summed E-state index contributed by atoms with van der Waals surface area (Å²) in [6.07, 6.45) is -3.34. The lowest BCUT2D eigenvalue weighted by Gasteiger charge is -2.35. The molecule has 15 heteroatoms. The largest absolute Gasteiger partial charge is 0.490 e. The van der Waals surface area contributed by atoms with E-state index in [-0.39, 0.29) is 59.3 Å². The zero-order valence-electron chi connectivity index (χ0n) is 29.9. The predicted molar refractivity (Wildman–Crippen MR) is 192 cm³/mol. The second-order valence-corrected chi connectivity index (χ2v) is 15.0. The van der Waals surface area contributed by atoms with E-state index in [1.54, 1.807) is 25.1 Å². The standard InChI is InChI=1S/C37H47F3N4O7S/c1-24-9-16-31(17-10-24)52(48,49)42-30-15-18-33-32(20-30)35(46)44(26(3)23-45)21-25(2)34(50-19-7-6-8-27(4)51-33)22-43(5)36(47)41-29-13-11-28(12-14-29)37(38,39)40/h9-18,20,25-27,34,42,45H,6-8,19,21-23H2,1-5H3,(H,41,47)/t25-,26-,27-,34+/m1/s1. The summed E-state index contributed by atoms with van der Waals surface area (Å²) >= 11 is 0. The van der Waals surface area contributed by atoms with Gasteiger partial charge in [-0.25, -0.2) is 13.2 Å². The van der Waals surface area contributed by atoms with Crippen molar-refractivity contribution in [3.8, 4) is 5.75 Å². The summed E-state index contributed by atoms with van der Waals surface area (Å²) in [5.41, 5.74) is 0.506. The number of benzene rings is 3. The molecule has 1 aliphatic rings. The number of urea groups is 1. The molecule has 0 unspecified atom stereocenters. The summed E-state index contributed by atoms with van der Waals surface area (Å²) in [6, 6.07) is 13.8. The summed E-state index contributed by atoms with van der Waals surface area (Å²) in [6.45, 7) is 7.43. The average molecular weight is 749 g/mol. The normalized spacial score (nSPS) is 19.8. The fourth-order valence-corrected chi connectivity index (χ4v) is 6.74. The van der Waals surface area contributed by atoms with Crippen molar-refractivity contribution in [2.24, 2.45) is 5.92 Å². The molecule has 3 amide bonds. The van der Waals surface area contributed by atoms with Crippen molar-refractivity contribution in [2.75, 3.05) is 43.4 Å². The Morgan fingerprint density at radius 2 is 1.69 bits per heavy atom. The second kappa shape index (κ2) is 17.5. The molecule has 0 radical (unpaired) electrons. The number of aliphatic hydroxyl groups is 1. The Morgan fingerprint density at radius 1 is 1.04 bits per heavy atom. The van der Waals surface area contributed by atoms with E-state index in [0.717, 1.165) is 24.1 Å². The molecular formula is C37H47F3N4O7S.